The monoisotopic (exact) mass is 356 g/mol. The van der Waals surface area contributed by atoms with Gasteiger partial charge >= 0.3 is 6.03 Å². The van der Waals surface area contributed by atoms with E-state index in [4.69, 9.17) is 0 Å². The Morgan fingerprint density at radius 1 is 1.31 bits per heavy atom. The lowest BCUT2D eigenvalue weighted by molar-refractivity contribution is 0.0732. The Bertz CT molecular complexity index is 791. The Morgan fingerprint density at radius 2 is 2.00 bits per heavy atom. The van der Waals surface area contributed by atoms with Crippen molar-refractivity contribution in [2.24, 2.45) is 5.92 Å². The van der Waals surface area contributed by atoms with E-state index < -0.39 is 5.54 Å². The van der Waals surface area contributed by atoms with Gasteiger partial charge in [0.15, 0.2) is 5.82 Å². The second-order valence-corrected chi connectivity index (χ2v) is 7.53. The summed E-state index contributed by atoms with van der Waals surface area (Å²) in [7, 11) is 3.50. The summed E-state index contributed by atoms with van der Waals surface area (Å²) >= 11 is 0. The fourth-order valence-electron chi connectivity index (χ4n) is 3.99. The molecule has 0 atom stereocenters. The average molecular weight is 356 g/mol. The first-order valence-electron chi connectivity index (χ1n) is 9.21. The quantitative estimate of drug-likeness (QED) is 0.917. The number of aromatic nitrogens is 4. The van der Waals surface area contributed by atoms with Crippen molar-refractivity contribution in [2.45, 2.75) is 52.0 Å². The Kier molecular flexibility index (Phi) is 4.98. The van der Waals surface area contributed by atoms with Crippen LogP contribution < -0.4 is 5.32 Å². The zero-order valence-corrected chi connectivity index (χ0v) is 16.3. The van der Waals surface area contributed by atoms with Gasteiger partial charge in [-0.25, -0.2) is 4.79 Å². The van der Waals surface area contributed by atoms with E-state index in [-0.39, 0.29) is 6.03 Å². The van der Waals surface area contributed by atoms with Gasteiger partial charge in [-0.05, 0) is 67.5 Å². The van der Waals surface area contributed by atoms with Crippen LogP contribution in [0.15, 0.2) is 18.2 Å². The lowest BCUT2D eigenvalue weighted by atomic mass is 9.75. The highest BCUT2D eigenvalue weighted by atomic mass is 16.2. The fraction of sp³-hybridized carbons (Fsp3) is 0.579. The zero-order chi connectivity index (χ0) is 18.9. The summed E-state index contributed by atoms with van der Waals surface area (Å²) in [5.74, 6) is 1.38. The number of urea groups is 1. The third kappa shape index (κ3) is 3.06. The van der Waals surface area contributed by atoms with Crippen LogP contribution in [0.4, 0.5) is 4.79 Å². The van der Waals surface area contributed by atoms with Crippen molar-refractivity contribution in [1.29, 1.82) is 0 Å². The van der Waals surface area contributed by atoms with Crippen LogP contribution in [0.25, 0.3) is 5.69 Å². The first kappa shape index (κ1) is 18.4. The summed E-state index contributed by atoms with van der Waals surface area (Å²) in [4.78, 5) is 14.3. The van der Waals surface area contributed by atoms with Gasteiger partial charge in [0.2, 0.25) is 0 Å². The van der Waals surface area contributed by atoms with E-state index in [9.17, 15) is 4.79 Å². The van der Waals surface area contributed by atoms with Crippen LogP contribution in [-0.2, 0) is 5.54 Å². The van der Waals surface area contributed by atoms with E-state index in [1.165, 1.54) is 5.56 Å². The highest BCUT2D eigenvalue weighted by Crippen LogP contribution is 2.43. The SMILES string of the molecule is CNC(=O)N(C)C1(c2nnnn2-c2ccc(C)cc2C)CCC(C)CC1. The van der Waals surface area contributed by atoms with Gasteiger partial charge in [-0.15, -0.1) is 5.10 Å². The number of carbonyl (C=O) groups excluding carboxylic acids is 1. The molecule has 26 heavy (non-hydrogen) atoms. The third-order valence-electron chi connectivity index (χ3n) is 5.73. The van der Waals surface area contributed by atoms with Crippen LogP contribution in [-0.4, -0.2) is 45.2 Å². The summed E-state index contributed by atoms with van der Waals surface area (Å²) in [6.45, 7) is 6.39. The molecule has 140 valence electrons. The molecule has 1 aromatic heterocycles. The normalized spacial score (nSPS) is 22.9. The summed E-state index contributed by atoms with van der Waals surface area (Å²) in [6.07, 6.45) is 3.79. The van der Waals surface area contributed by atoms with Crippen molar-refractivity contribution in [2.75, 3.05) is 14.1 Å². The van der Waals surface area contributed by atoms with Crippen molar-refractivity contribution in [3.63, 3.8) is 0 Å². The molecule has 1 fully saturated rings. The molecule has 1 aromatic carbocycles. The second kappa shape index (κ2) is 7.05. The van der Waals surface area contributed by atoms with E-state index in [0.717, 1.165) is 42.8 Å². The Morgan fingerprint density at radius 3 is 2.62 bits per heavy atom. The van der Waals surface area contributed by atoms with Gasteiger partial charge in [0, 0.05) is 14.1 Å². The molecule has 1 saturated carbocycles. The van der Waals surface area contributed by atoms with Gasteiger partial charge in [-0.3, -0.25) is 0 Å². The summed E-state index contributed by atoms with van der Waals surface area (Å²) in [6, 6.07) is 6.11. The van der Waals surface area contributed by atoms with Gasteiger partial charge in [0.25, 0.3) is 0 Å². The van der Waals surface area contributed by atoms with E-state index >= 15 is 0 Å². The minimum Gasteiger partial charge on any atom is -0.341 e. The van der Waals surface area contributed by atoms with Crippen LogP contribution in [0.3, 0.4) is 0 Å². The van der Waals surface area contributed by atoms with Crippen LogP contribution in [0.5, 0.6) is 0 Å². The highest BCUT2D eigenvalue weighted by molar-refractivity contribution is 5.74. The van der Waals surface area contributed by atoms with Crippen LogP contribution >= 0.6 is 0 Å². The molecule has 7 heteroatoms. The van der Waals surface area contributed by atoms with E-state index in [2.05, 4.69) is 53.7 Å². The van der Waals surface area contributed by atoms with Crippen molar-refractivity contribution < 1.29 is 4.79 Å². The van der Waals surface area contributed by atoms with Crippen molar-refractivity contribution in [3.05, 3.63) is 35.2 Å². The maximum Gasteiger partial charge on any atom is 0.317 e. The molecular formula is C19H28N6O. The fourth-order valence-corrected chi connectivity index (χ4v) is 3.99. The smallest absolute Gasteiger partial charge is 0.317 e. The topological polar surface area (TPSA) is 75.9 Å². The van der Waals surface area contributed by atoms with Gasteiger partial charge in [-0.2, -0.15) is 4.68 Å². The Labute approximate surface area is 154 Å². The van der Waals surface area contributed by atoms with Crippen LogP contribution in [0.1, 0.15) is 49.6 Å². The van der Waals surface area contributed by atoms with E-state index in [1.807, 2.05) is 17.8 Å². The largest absolute Gasteiger partial charge is 0.341 e. The lowest BCUT2D eigenvalue weighted by Crippen LogP contribution is -2.53. The maximum absolute atomic E-state index is 12.5. The van der Waals surface area contributed by atoms with Gasteiger partial charge in [0.1, 0.15) is 5.54 Å². The molecule has 7 nitrogen and oxygen atoms in total. The molecule has 0 bridgehead atoms. The first-order valence-corrected chi connectivity index (χ1v) is 9.21. The van der Waals surface area contributed by atoms with Crippen LogP contribution in [0, 0.1) is 19.8 Å². The average Bonchev–Trinajstić information content (AvgIpc) is 3.11. The van der Waals surface area contributed by atoms with Crippen molar-refractivity contribution >= 4 is 6.03 Å². The standard InChI is InChI=1S/C19H28N6O/c1-13-8-10-19(11-9-13,24(5)18(26)20-4)17-21-22-23-25(17)16-7-6-14(2)12-15(16)3/h6-7,12-13H,8-11H2,1-5H3,(H,20,26). The number of rotatable bonds is 3. The second-order valence-electron chi connectivity index (χ2n) is 7.53. The Balaban J connectivity index is 2.12. The number of tetrazole rings is 1. The summed E-state index contributed by atoms with van der Waals surface area (Å²) in [5.41, 5.74) is 2.76. The van der Waals surface area contributed by atoms with E-state index in [1.54, 1.807) is 11.9 Å². The molecule has 1 aliphatic carbocycles. The predicted octanol–water partition coefficient (Wildman–Crippen LogP) is 2.96. The van der Waals surface area contributed by atoms with E-state index in [0.29, 0.717) is 5.92 Å². The molecular weight excluding hydrogens is 328 g/mol. The summed E-state index contributed by atoms with van der Waals surface area (Å²) in [5, 5.41) is 15.4. The molecule has 3 rings (SSSR count). The third-order valence-corrected chi connectivity index (χ3v) is 5.73. The molecule has 0 unspecified atom stereocenters. The number of hydrogen-bond donors (Lipinski definition) is 1. The summed E-state index contributed by atoms with van der Waals surface area (Å²) < 4.78 is 1.81. The lowest BCUT2D eigenvalue weighted by Gasteiger charge is -2.44. The van der Waals surface area contributed by atoms with Crippen molar-refractivity contribution in [1.82, 2.24) is 30.4 Å². The van der Waals surface area contributed by atoms with Crippen LogP contribution in [0.2, 0.25) is 0 Å². The molecule has 1 N–H and O–H groups in total. The Hall–Kier alpha value is -2.44. The molecule has 2 aromatic rings. The van der Waals surface area contributed by atoms with Crippen molar-refractivity contribution in [3.8, 4) is 5.69 Å². The molecule has 0 saturated heterocycles. The van der Waals surface area contributed by atoms with Gasteiger partial charge < -0.3 is 10.2 Å². The zero-order valence-electron chi connectivity index (χ0n) is 16.3. The maximum atomic E-state index is 12.5. The van der Waals surface area contributed by atoms with Gasteiger partial charge in [0.05, 0.1) is 5.69 Å². The molecule has 1 aliphatic rings. The number of nitrogens with one attached hydrogen (secondary N) is 1. The minimum atomic E-state index is -0.507. The molecule has 0 aliphatic heterocycles. The molecule has 1 heterocycles. The number of benzene rings is 1. The minimum absolute atomic E-state index is 0.116. The molecule has 0 radical (unpaired) electrons. The molecule has 2 amide bonds. The highest BCUT2D eigenvalue weighted by Gasteiger charge is 2.46. The number of amides is 2. The predicted molar refractivity (Wildman–Crippen MR) is 100 cm³/mol. The number of carbonyl (C=O) groups is 1. The first-order chi connectivity index (χ1) is 12.4. The van der Waals surface area contributed by atoms with Gasteiger partial charge in [-0.1, -0.05) is 24.6 Å². The number of aryl methyl sites for hydroxylation is 2. The number of hydrogen-bond acceptors (Lipinski definition) is 4. The number of nitrogens with zero attached hydrogens (tertiary/aromatic N) is 5. The molecule has 0 spiro atoms.